The second kappa shape index (κ2) is 6.74. The fraction of sp³-hybridized carbons (Fsp3) is 0.938. The maximum Gasteiger partial charge on any atom is 0.303 e. The first-order chi connectivity index (χ1) is 9.08. The van der Waals surface area contributed by atoms with Gasteiger partial charge in [0.05, 0.1) is 0 Å². The Balaban J connectivity index is 1.90. The maximum atomic E-state index is 10.9. The van der Waals surface area contributed by atoms with E-state index in [9.17, 15) is 4.79 Å². The van der Waals surface area contributed by atoms with Crippen molar-refractivity contribution in [3.05, 3.63) is 0 Å². The molecule has 0 radical (unpaired) electrons. The molecule has 4 atom stereocenters. The SMILES string of the molecule is CC(CC(=O)O)C1CCCN(C2CCCCC2C)C1. The molecule has 3 heteroatoms. The molecule has 0 bridgehead atoms. The van der Waals surface area contributed by atoms with Gasteiger partial charge in [0, 0.05) is 19.0 Å². The molecule has 110 valence electrons. The predicted molar refractivity (Wildman–Crippen MR) is 77.1 cm³/mol. The Hall–Kier alpha value is -0.570. The van der Waals surface area contributed by atoms with Gasteiger partial charge in [-0.25, -0.2) is 0 Å². The largest absolute Gasteiger partial charge is 0.481 e. The van der Waals surface area contributed by atoms with Crippen molar-refractivity contribution >= 4 is 5.97 Å². The van der Waals surface area contributed by atoms with Crippen molar-refractivity contribution in [2.75, 3.05) is 13.1 Å². The van der Waals surface area contributed by atoms with Crippen LogP contribution in [0.2, 0.25) is 0 Å². The molecule has 4 unspecified atom stereocenters. The summed E-state index contributed by atoms with van der Waals surface area (Å²) in [7, 11) is 0. The molecule has 0 spiro atoms. The van der Waals surface area contributed by atoms with Gasteiger partial charge < -0.3 is 5.11 Å². The van der Waals surface area contributed by atoms with Crippen LogP contribution in [0.25, 0.3) is 0 Å². The van der Waals surface area contributed by atoms with Crippen LogP contribution in [0.4, 0.5) is 0 Å². The Morgan fingerprint density at radius 3 is 2.68 bits per heavy atom. The molecule has 1 saturated heterocycles. The van der Waals surface area contributed by atoms with Crippen LogP contribution in [0.15, 0.2) is 0 Å². The second-order valence-corrected chi connectivity index (χ2v) is 6.80. The van der Waals surface area contributed by atoms with Crippen molar-refractivity contribution in [1.29, 1.82) is 0 Å². The van der Waals surface area contributed by atoms with E-state index in [1.54, 1.807) is 0 Å². The number of rotatable bonds is 4. The number of hydrogen-bond acceptors (Lipinski definition) is 2. The van der Waals surface area contributed by atoms with E-state index in [1.807, 2.05) is 0 Å². The smallest absolute Gasteiger partial charge is 0.303 e. The molecule has 1 aliphatic carbocycles. The third-order valence-electron chi connectivity index (χ3n) is 5.33. The molecule has 2 fully saturated rings. The Bertz CT molecular complexity index is 305. The number of carboxylic acids is 1. The first kappa shape index (κ1) is 14.8. The van der Waals surface area contributed by atoms with Crippen LogP contribution < -0.4 is 0 Å². The van der Waals surface area contributed by atoms with E-state index in [1.165, 1.54) is 45.1 Å². The lowest BCUT2D eigenvalue weighted by Crippen LogP contribution is -2.48. The molecule has 0 aromatic carbocycles. The lowest BCUT2D eigenvalue weighted by Gasteiger charge is -2.44. The number of piperidine rings is 1. The molecule has 0 aromatic heterocycles. The van der Waals surface area contributed by atoms with Gasteiger partial charge in [-0.3, -0.25) is 9.69 Å². The Morgan fingerprint density at radius 2 is 2.00 bits per heavy atom. The first-order valence-corrected chi connectivity index (χ1v) is 8.03. The minimum absolute atomic E-state index is 0.319. The van der Waals surface area contributed by atoms with Gasteiger partial charge in [0.15, 0.2) is 0 Å². The number of likely N-dealkylation sites (tertiary alicyclic amines) is 1. The van der Waals surface area contributed by atoms with Crippen molar-refractivity contribution in [3.8, 4) is 0 Å². The number of carboxylic acid groups (broad SMARTS) is 1. The van der Waals surface area contributed by atoms with Gasteiger partial charge >= 0.3 is 5.97 Å². The van der Waals surface area contributed by atoms with Gasteiger partial charge in [0.1, 0.15) is 0 Å². The van der Waals surface area contributed by atoms with Gasteiger partial charge in [-0.1, -0.05) is 26.7 Å². The van der Waals surface area contributed by atoms with E-state index in [2.05, 4.69) is 18.7 Å². The van der Waals surface area contributed by atoms with Crippen LogP contribution in [0.1, 0.15) is 58.8 Å². The molecule has 1 saturated carbocycles. The summed E-state index contributed by atoms with van der Waals surface area (Å²) in [4.78, 5) is 13.6. The quantitative estimate of drug-likeness (QED) is 0.849. The summed E-state index contributed by atoms with van der Waals surface area (Å²) in [6, 6.07) is 0.758. The monoisotopic (exact) mass is 267 g/mol. The summed E-state index contributed by atoms with van der Waals surface area (Å²) in [5.74, 6) is 1.08. The van der Waals surface area contributed by atoms with Crippen LogP contribution in [0, 0.1) is 17.8 Å². The minimum atomic E-state index is -0.643. The van der Waals surface area contributed by atoms with Crippen LogP contribution in [-0.4, -0.2) is 35.1 Å². The Labute approximate surface area is 117 Å². The zero-order chi connectivity index (χ0) is 13.8. The van der Waals surface area contributed by atoms with E-state index in [0.717, 1.165) is 18.5 Å². The fourth-order valence-corrected chi connectivity index (χ4v) is 4.09. The third-order valence-corrected chi connectivity index (χ3v) is 5.33. The van der Waals surface area contributed by atoms with Crippen molar-refractivity contribution in [3.63, 3.8) is 0 Å². The summed E-state index contributed by atoms with van der Waals surface area (Å²) in [6.07, 6.45) is 8.28. The predicted octanol–water partition coefficient (Wildman–Crippen LogP) is 3.39. The molecule has 1 aliphatic heterocycles. The third kappa shape index (κ3) is 3.95. The first-order valence-electron chi connectivity index (χ1n) is 8.03. The highest BCUT2D eigenvalue weighted by Gasteiger charge is 2.32. The van der Waals surface area contributed by atoms with Crippen LogP contribution in [-0.2, 0) is 4.79 Å². The maximum absolute atomic E-state index is 10.9. The molecular weight excluding hydrogens is 238 g/mol. The van der Waals surface area contributed by atoms with E-state index in [4.69, 9.17) is 5.11 Å². The highest BCUT2D eigenvalue weighted by Crippen LogP contribution is 2.33. The van der Waals surface area contributed by atoms with Gasteiger partial charge in [-0.2, -0.15) is 0 Å². The molecule has 0 aromatic rings. The zero-order valence-corrected chi connectivity index (χ0v) is 12.5. The summed E-state index contributed by atoms with van der Waals surface area (Å²) >= 11 is 0. The molecule has 1 N–H and O–H groups in total. The molecule has 19 heavy (non-hydrogen) atoms. The molecule has 1 heterocycles. The van der Waals surface area contributed by atoms with E-state index < -0.39 is 5.97 Å². The van der Waals surface area contributed by atoms with Gasteiger partial charge in [-0.15, -0.1) is 0 Å². The van der Waals surface area contributed by atoms with E-state index >= 15 is 0 Å². The molecule has 2 rings (SSSR count). The highest BCUT2D eigenvalue weighted by atomic mass is 16.4. The van der Waals surface area contributed by atoms with Gasteiger partial charge in [0.25, 0.3) is 0 Å². The number of nitrogens with zero attached hydrogens (tertiary/aromatic N) is 1. The Kier molecular flexibility index (Phi) is 5.26. The molecule has 3 nitrogen and oxygen atoms in total. The molecule has 0 amide bonds. The summed E-state index contributed by atoms with van der Waals surface area (Å²) in [6.45, 7) is 6.87. The van der Waals surface area contributed by atoms with Crippen LogP contribution in [0.3, 0.4) is 0 Å². The second-order valence-electron chi connectivity index (χ2n) is 6.80. The molecule has 2 aliphatic rings. The summed E-state index contributed by atoms with van der Waals surface area (Å²) < 4.78 is 0. The van der Waals surface area contributed by atoms with Crippen LogP contribution in [0.5, 0.6) is 0 Å². The lowest BCUT2D eigenvalue weighted by molar-refractivity contribution is -0.138. The standard InChI is InChI=1S/C16H29NO2/c1-12-6-3-4-8-15(12)17-9-5-7-14(11-17)13(2)10-16(18)19/h12-15H,3-11H2,1-2H3,(H,18,19). The van der Waals surface area contributed by atoms with Gasteiger partial charge in [-0.05, 0) is 50.0 Å². The highest BCUT2D eigenvalue weighted by molar-refractivity contribution is 5.67. The Morgan fingerprint density at radius 1 is 1.26 bits per heavy atom. The zero-order valence-electron chi connectivity index (χ0n) is 12.5. The topological polar surface area (TPSA) is 40.5 Å². The number of aliphatic carboxylic acids is 1. The average Bonchev–Trinajstić information content (AvgIpc) is 2.38. The number of hydrogen-bond donors (Lipinski definition) is 1. The van der Waals surface area contributed by atoms with Crippen molar-refractivity contribution < 1.29 is 9.90 Å². The lowest BCUT2D eigenvalue weighted by atomic mass is 9.80. The summed E-state index contributed by atoms with van der Waals surface area (Å²) in [5, 5.41) is 8.96. The van der Waals surface area contributed by atoms with Gasteiger partial charge in [0.2, 0.25) is 0 Å². The van der Waals surface area contributed by atoms with Crippen LogP contribution >= 0.6 is 0 Å². The minimum Gasteiger partial charge on any atom is -0.481 e. The summed E-state index contributed by atoms with van der Waals surface area (Å²) in [5.41, 5.74) is 0. The normalized spacial score (nSPS) is 34.9. The van der Waals surface area contributed by atoms with E-state index in [-0.39, 0.29) is 0 Å². The van der Waals surface area contributed by atoms with Crippen molar-refractivity contribution in [1.82, 2.24) is 4.90 Å². The van der Waals surface area contributed by atoms with E-state index in [0.29, 0.717) is 18.3 Å². The van der Waals surface area contributed by atoms with Crippen molar-refractivity contribution in [2.45, 2.75) is 64.8 Å². The average molecular weight is 267 g/mol. The number of carbonyl (C=O) groups is 1. The fourth-order valence-electron chi connectivity index (χ4n) is 4.09. The molecular formula is C16H29NO2. The van der Waals surface area contributed by atoms with Crippen molar-refractivity contribution in [2.24, 2.45) is 17.8 Å².